The van der Waals surface area contributed by atoms with E-state index in [-0.39, 0.29) is 24.8 Å². The Kier molecular flexibility index (Phi) is 7.63. The molecule has 0 aliphatic carbocycles. The number of fused-ring (bicyclic) bond motifs is 1. The molecule has 142 valence electrons. The maximum absolute atomic E-state index is 12.1. The number of aryl methyl sites for hydroxylation is 1. The van der Waals surface area contributed by atoms with Gasteiger partial charge in [-0.05, 0) is 30.5 Å². The van der Waals surface area contributed by atoms with Crippen molar-refractivity contribution in [2.75, 3.05) is 39.5 Å². The highest BCUT2D eigenvalue weighted by molar-refractivity contribution is 5.85. The van der Waals surface area contributed by atoms with Gasteiger partial charge in [0.1, 0.15) is 5.58 Å². The first-order valence-corrected chi connectivity index (χ1v) is 8.61. The summed E-state index contributed by atoms with van der Waals surface area (Å²) in [4.78, 5) is 26.1. The largest absolute Gasteiger partial charge is 0.465 e. The average molecular weight is 382 g/mol. The molecule has 6 nitrogen and oxygen atoms in total. The zero-order valence-electron chi connectivity index (χ0n) is 14.9. The molecule has 26 heavy (non-hydrogen) atoms. The van der Waals surface area contributed by atoms with E-state index >= 15 is 0 Å². The highest BCUT2D eigenvalue weighted by Gasteiger charge is 2.13. The van der Waals surface area contributed by atoms with Crippen LogP contribution in [0.3, 0.4) is 0 Å². The van der Waals surface area contributed by atoms with Crippen LogP contribution in [0, 0.1) is 6.92 Å². The second kappa shape index (κ2) is 9.71. The zero-order valence-corrected chi connectivity index (χ0v) is 15.7. The van der Waals surface area contributed by atoms with Crippen molar-refractivity contribution < 1.29 is 18.7 Å². The van der Waals surface area contributed by atoms with Gasteiger partial charge in [0.2, 0.25) is 0 Å². The number of carbonyl (C=O) groups is 1. The van der Waals surface area contributed by atoms with Crippen LogP contribution in [-0.2, 0) is 20.7 Å². The predicted molar refractivity (Wildman–Crippen MR) is 101 cm³/mol. The molecule has 0 unspecified atom stereocenters. The molecule has 0 atom stereocenters. The van der Waals surface area contributed by atoms with Gasteiger partial charge in [-0.15, -0.1) is 12.4 Å². The van der Waals surface area contributed by atoms with Gasteiger partial charge in [-0.2, -0.15) is 0 Å². The smallest absolute Gasteiger partial charge is 0.336 e. The lowest BCUT2D eigenvalue weighted by atomic mass is 10.1. The summed E-state index contributed by atoms with van der Waals surface area (Å²) in [6, 6.07) is 6.97. The van der Waals surface area contributed by atoms with Crippen LogP contribution >= 0.6 is 12.4 Å². The minimum absolute atomic E-state index is 0. The van der Waals surface area contributed by atoms with Gasteiger partial charge in [0.05, 0.1) is 26.2 Å². The second-order valence-corrected chi connectivity index (χ2v) is 6.30. The number of esters is 1. The quantitative estimate of drug-likeness (QED) is 0.434. The van der Waals surface area contributed by atoms with Crippen molar-refractivity contribution in [2.45, 2.75) is 19.8 Å². The van der Waals surface area contributed by atoms with Crippen LogP contribution in [0.5, 0.6) is 0 Å². The monoisotopic (exact) mass is 381 g/mol. The molecule has 0 radical (unpaired) electrons. The van der Waals surface area contributed by atoms with E-state index in [4.69, 9.17) is 13.9 Å². The Hall–Kier alpha value is -1.89. The first-order chi connectivity index (χ1) is 12.1. The molecular weight excluding hydrogens is 358 g/mol. The third-order valence-electron chi connectivity index (χ3n) is 4.31. The molecule has 2 heterocycles. The predicted octanol–water partition coefficient (Wildman–Crippen LogP) is 2.33. The molecule has 0 spiro atoms. The van der Waals surface area contributed by atoms with Crippen molar-refractivity contribution in [1.82, 2.24) is 4.90 Å². The summed E-state index contributed by atoms with van der Waals surface area (Å²) in [5, 5.41) is 0.774. The Morgan fingerprint density at radius 2 is 2.00 bits per heavy atom. The van der Waals surface area contributed by atoms with E-state index in [1.54, 1.807) is 6.07 Å². The number of rotatable bonds is 6. The molecule has 1 aliphatic heterocycles. The van der Waals surface area contributed by atoms with E-state index < -0.39 is 5.63 Å². The molecular formula is C19H24ClNO5. The Bertz CT molecular complexity index is 798. The first kappa shape index (κ1) is 20.4. The van der Waals surface area contributed by atoms with Gasteiger partial charge in [0, 0.05) is 31.1 Å². The van der Waals surface area contributed by atoms with Crippen molar-refractivity contribution in [1.29, 1.82) is 0 Å². The molecule has 0 saturated carbocycles. The molecule has 0 N–H and O–H groups in total. The van der Waals surface area contributed by atoms with Crippen LogP contribution in [0.25, 0.3) is 11.0 Å². The molecule has 2 aromatic rings. The van der Waals surface area contributed by atoms with Gasteiger partial charge >= 0.3 is 11.6 Å². The van der Waals surface area contributed by atoms with Crippen molar-refractivity contribution in [3.05, 3.63) is 45.8 Å². The van der Waals surface area contributed by atoms with E-state index in [0.717, 1.165) is 50.2 Å². The van der Waals surface area contributed by atoms with Gasteiger partial charge in [0.25, 0.3) is 0 Å². The molecule has 0 bridgehead atoms. The zero-order chi connectivity index (χ0) is 17.6. The maximum atomic E-state index is 12.1. The van der Waals surface area contributed by atoms with E-state index in [9.17, 15) is 9.59 Å². The Labute approximate surface area is 158 Å². The highest BCUT2D eigenvalue weighted by atomic mass is 35.5. The van der Waals surface area contributed by atoms with E-state index in [0.29, 0.717) is 17.8 Å². The summed E-state index contributed by atoms with van der Waals surface area (Å²) < 4.78 is 15.8. The van der Waals surface area contributed by atoms with Crippen LogP contribution < -0.4 is 5.63 Å². The Morgan fingerprint density at radius 3 is 2.77 bits per heavy atom. The van der Waals surface area contributed by atoms with Crippen molar-refractivity contribution in [3.8, 4) is 0 Å². The maximum Gasteiger partial charge on any atom is 0.336 e. The third kappa shape index (κ3) is 5.56. The van der Waals surface area contributed by atoms with Crippen LogP contribution in [0.4, 0.5) is 0 Å². The van der Waals surface area contributed by atoms with Crippen molar-refractivity contribution >= 4 is 29.3 Å². The van der Waals surface area contributed by atoms with Crippen LogP contribution in [0.15, 0.2) is 33.5 Å². The number of halogens is 1. The number of hydrogen-bond acceptors (Lipinski definition) is 6. The first-order valence-electron chi connectivity index (χ1n) is 8.61. The lowest BCUT2D eigenvalue weighted by Gasteiger charge is -2.26. The molecule has 1 saturated heterocycles. The summed E-state index contributed by atoms with van der Waals surface area (Å²) in [5.74, 6) is -0.325. The van der Waals surface area contributed by atoms with Gasteiger partial charge < -0.3 is 13.9 Å². The standard InChI is InChI=1S/C19H23NO5.ClH/c1-14-3-4-16-15(13-19(22)25-17(16)11-14)12-18(21)24-8-2-5-20-6-9-23-10-7-20;/h3-4,11,13H,2,5-10,12H2,1H3;1H. The summed E-state index contributed by atoms with van der Waals surface area (Å²) in [6.45, 7) is 6.60. The molecule has 1 aromatic carbocycles. The number of carbonyl (C=O) groups excluding carboxylic acids is 1. The summed E-state index contributed by atoms with van der Waals surface area (Å²) >= 11 is 0. The molecule has 7 heteroatoms. The molecule has 1 aromatic heterocycles. The average Bonchev–Trinajstić information content (AvgIpc) is 2.59. The van der Waals surface area contributed by atoms with Crippen LogP contribution in [-0.4, -0.2) is 50.3 Å². The van der Waals surface area contributed by atoms with E-state index in [2.05, 4.69) is 4.90 Å². The third-order valence-corrected chi connectivity index (χ3v) is 4.31. The summed E-state index contributed by atoms with van der Waals surface area (Å²) in [7, 11) is 0. The van der Waals surface area contributed by atoms with Gasteiger partial charge in [-0.3, -0.25) is 9.69 Å². The van der Waals surface area contributed by atoms with Gasteiger partial charge in [-0.1, -0.05) is 12.1 Å². The minimum atomic E-state index is -0.451. The van der Waals surface area contributed by atoms with Crippen molar-refractivity contribution in [2.24, 2.45) is 0 Å². The van der Waals surface area contributed by atoms with Gasteiger partial charge in [-0.25, -0.2) is 4.79 Å². The number of benzene rings is 1. The number of hydrogen-bond donors (Lipinski definition) is 0. The number of nitrogens with zero attached hydrogens (tertiary/aromatic N) is 1. The highest BCUT2D eigenvalue weighted by Crippen LogP contribution is 2.19. The fourth-order valence-electron chi connectivity index (χ4n) is 2.99. The fraction of sp³-hybridized carbons (Fsp3) is 0.474. The molecule has 0 amide bonds. The number of morpholine rings is 1. The van der Waals surface area contributed by atoms with Crippen molar-refractivity contribution in [3.63, 3.8) is 0 Å². The topological polar surface area (TPSA) is 69.0 Å². The fourth-order valence-corrected chi connectivity index (χ4v) is 2.99. The number of ether oxygens (including phenoxy) is 2. The van der Waals surface area contributed by atoms with Crippen LogP contribution in [0.2, 0.25) is 0 Å². The minimum Gasteiger partial charge on any atom is -0.465 e. The van der Waals surface area contributed by atoms with Gasteiger partial charge in [0.15, 0.2) is 0 Å². The summed E-state index contributed by atoms with van der Waals surface area (Å²) in [6.07, 6.45) is 0.866. The molecule has 1 aliphatic rings. The lowest BCUT2D eigenvalue weighted by Crippen LogP contribution is -2.37. The normalized spacial score (nSPS) is 14.8. The Balaban J connectivity index is 0.00000243. The lowest BCUT2D eigenvalue weighted by molar-refractivity contribution is -0.143. The molecule has 3 rings (SSSR count). The second-order valence-electron chi connectivity index (χ2n) is 6.30. The molecule has 1 fully saturated rings. The Morgan fingerprint density at radius 1 is 1.23 bits per heavy atom. The van der Waals surface area contributed by atoms with Crippen LogP contribution in [0.1, 0.15) is 17.5 Å². The van der Waals surface area contributed by atoms with E-state index in [1.807, 2.05) is 19.1 Å². The van der Waals surface area contributed by atoms with E-state index in [1.165, 1.54) is 6.07 Å². The summed E-state index contributed by atoms with van der Waals surface area (Å²) in [5.41, 5.74) is 1.69. The SMILES string of the molecule is Cc1ccc2c(CC(=O)OCCCN3CCOCC3)cc(=O)oc2c1.Cl.